The highest BCUT2D eigenvalue weighted by atomic mass is 16.5. The van der Waals surface area contributed by atoms with E-state index in [1.54, 1.807) is 26.4 Å². The fraction of sp³-hybridized carbons (Fsp3) is 0.562. The molecule has 1 heterocycles. The molecule has 2 atom stereocenters. The van der Waals surface area contributed by atoms with Crippen LogP contribution >= 0.6 is 0 Å². The number of hydrogen-bond acceptors (Lipinski definition) is 5. The van der Waals surface area contributed by atoms with Crippen LogP contribution in [0, 0.1) is 11.3 Å². The van der Waals surface area contributed by atoms with E-state index in [1.165, 1.54) is 0 Å². The number of nitrogens with zero attached hydrogens (tertiary/aromatic N) is 2. The molecule has 1 saturated heterocycles. The molecule has 0 aromatic heterocycles. The van der Waals surface area contributed by atoms with Crippen LogP contribution in [0.1, 0.15) is 12.0 Å². The molecule has 5 nitrogen and oxygen atoms in total. The van der Waals surface area contributed by atoms with Crippen LogP contribution in [0.3, 0.4) is 0 Å². The average molecular weight is 290 g/mol. The summed E-state index contributed by atoms with van der Waals surface area (Å²) in [5.74, 6) is 0.736. The van der Waals surface area contributed by atoms with Crippen LogP contribution in [0.25, 0.3) is 0 Å². The minimum Gasteiger partial charge on any atom is -0.492 e. The van der Waals surface area contributed by atoms with E-state index < -0.39 is 0 Å². The highest BCUT2D eigenvalue weighted by Crippen LogP contribution is 2.20. The number of methoxy groups -OCH3 is 2. The highest BCUT2D eigenvalue weighted by Gasteiger charge is 2.31. The van der Waals surface area contributed by atoms with Gasteiger partial charge in [-0.2, -0.15) is 5.26 Å². The topological polar surface area (TPSA) is 54.7 Å². The van der Waals surface area contributed by atoms with E-state index in [1.807, 2.05) is 12.1 Å². The zero-order valence-electron chi connectivity index (χ0n) is 12.6. The van der Waals surface area contributed by atoms with E-state index in [2.05, 4.69) is 11.0 Å². The van der Waals surface area contributed by atoms with E-state index in [4.69, 9.17) is 19.5 Å². The maximum atomic E-state index is 8.87. The van der Waals surface area contributed by atoms with Gasteiger partial charge in [0.05, 0.1) is 24.3 Å². The third-order valence-corrected chi connectivity index (χ3v) is 3.79. The normalized spacial score (nSPS) is 22.1. The third kappa shape index (κ3) is 4.43. The van der Waals surface area contributed by atoms with Crippen molar-refractivity contribution in [2.45, 2.75) is 18.6 Å². The Morgan fingerprint density at radius 2 is 2.24 bits per heavy atom. The largest absolute Gasteiger partial charge is 0.492 e. The van der Waals surface area contributed by atoms with Gasteiger partial charge in [-0.15, -0.1) is 0 Å². The molecule has 0 aliphatic carbocycles. The summed E-state index contributed by atoms with van der Waals surface area (Å²) < 4.78 is 16.4. The Hall–Kier alpha value is -1.61. The monoisotopic (exact) mass is 290 g/mol. The van der Waals surface area contributed by atoms with Gasteiger partial charge in [-0.25, -0.2) is 0 Å². The minimum atomic E-state index is 0.270. The lowest BCUT2D eigenvalue weighted by Crippen LogP contribution is -2.36. The summed E-state index contributed by atoms with van der Waals surface area (Å²) >= 11 is 0. The smallest absolute Gasteiger partial charge is 0.120 e. The molecule has 0 bridgehead atoms. The van der Waals surface area contributed by atoms with Gasteiger partial charge in [0.15, 0.2) is 0 Å². The molecular weight excluding hydrogens is 268 g/mol. The molecule has 0 unspecified atom stereocenters. The van der Waals surface area contributed by atoms with Crippen LogP contribution in [0.4, 0.5) is 0 Å². The van der Waals surface area contributed by atoms with Gasteiger partial charge in [0.2, 0.25) is 0 Å². The first-order valence-corrected chi connectivity index (χ1v) is 7.15. The van der Waals surface area contributed by atoms with Crippen molar-refractivity contribution in [2.75, 3.05) is 40.5 Å². The van der Waals surface area contributed by atoms with E-state index in [9.17, 15) is 0 Å². The number of benzene rings is 1. The van der Waals surface area contributed by atoms with Crippen molar-refractivity contribution in [3.8, 4) is 11.8 Å². The Morgan fingerprint density at radius 3 is 2.95 bits per heavy atom. The second kappa shape index (κ2) is 7.99. The Kier molecular flexibility index (Phi) is 6.00. The van der Waals surface area contributed by atoms with Crippen LogP contribution in [-0.2, 0) is 9.47 Å². The standard InChI is InChI=1S/C16H22N2O3/c1-19-12-14-9-16(20-2)11-18(14)6-7-21-15-5-3-4-13(8-15)10-17/h3-5,8,14,16H,6-7,9,11-12H2,1-2H3/t14-,16-/m0/s1. The molecule has 2 rings (SSSR count). The first-order chi connectivity index (χ1) is 10.3. The van der Waals surface area contributed by atoms with Crippen molar-refractivity contribution >= 4 is 0 Å². The summed E-state index contributed by atoms with van der Waals surface area (Å²) in [6.45, 7) is 3.03. The van der Waals surface area contributed by atoms with Gasteiger partial charge in [-0.1, -0.05) is 6.07 Å². The molecule has 5 heteroatoms. The number of likely N-dealkylation sites (tertiary alicyclic amines) is 1. The van der Waals surface area contributed by atoms with Crippen molar-refractivity contribution in [3.63, 3.8) is 0 Å². The average Bonchev–Trinajstić information content (AvgIpc) is 2.90. The summed E-state index contributed by atoms with van der Waals surface area (Å²) in [5, 5.41) is 8.87. The van der Waals surface area contributed by atoms with Crippen molar-refractivity contribution < 1.29 is 14.2 Å². The Morgan fingerprint density at radius 1 is 1.38 bits per heavy atom. The van der Waals surface area contributed by atoms with Crippen molar-refractivity contribution in [2.24, 2.45) is 0 Å². The fourth-order valence-corrected chi connectivity index (χ4v) is 2.68. The quantitative estimate of drug-likeness (QED) is 0.764. The summed E-state index contributed by atoms with van der Waals surface area (Å²) in [5.41, 5.74) is 0.616. The lowest BCUT2D eigenvalue weighted by Gasteiger charge is -2.23. The zero-order chi connectivity index (χ0) is 15.1. The molecule has 1 aliphatic rings. The van der Waals surface area contributed by atoms with Gasteiger partial charge >= 0.3 is 0 Å². The fourth-order valence-electron chi connectivity index (χ4n) is 2.68. The Labute approximate surface area is 126 Å². The number of hydrogen-bond donors (Lipinski definition) is 0. The molecule has 0 N–H and O–H groups in total. The lowest BCUT2D eigenvalue weighted by atomic mass is 10.2. The molecule has 21 heavy (non-hydrogen) atoms. The van der Waals surface area contributed by atoms with E-state index in [0.29, 0.717) is 24.8 Å². The maximum Gasteiger partial charge on any atom is 0.120 e. The number of ether oxygens (including phenoxy) is 3. The molecule has 1 fully saturated rings. The van der Waals surface area contributed by atoms with E-state index >= 15 is 0 Å². The van der Waals surface area contributed by atoms with Crippen molar-refractivity contribution in [1.82, 2.24) is 4.90 Å². The first-order valence-electron chi connectivity index (χ1n) is 7.15. The number of rotatable bonds is 7. The van der Waals surface area contributed by atoms with Gasteiger partial charge in [-0.05, 0) is 24.6 Å². The van der Waals surface area contributed by atoms with Gasteiger partial charge in [0.1, 0.15) is 12.4 Å². The third-order valence-electron chi connectivity index (χ3n) is 3.79. The summed E-state index contributed by atoms with van der Waals surface area (Å²) in [6, 6.07) is 9.73. The molecule has 1 aliphatic heterocycles. The van der Waals surface area contributed by atoms with Gasteiger partial charge in [0.25, 0.3) is 0 Å². The highest BCUT2D eigenvalue weighted by molar-refractivity contribution is 5.36. The predicted molar refractivity (Wildman–Crippen MR) is 79.3 cm³/mol. The second-order valence-corrected chi connectivity index (χ2v) is 5.19. The van der Waals surface area contributed by atoms with Crippen LogP contribution in [0.2, 0.25) is 0 Å². The predicted octanol–water partition coefficient (Wildman–Crippen LogP) is 1.67. The van der Waals surface area contributed by atoms with Crippen molar-refractivity contribution in [1.29, 1.82) is 5.26 Å². The van der Waals surface area contributed by atoms with Gasteiger partial charge in [-0.3, -0.25) is 4.90 Å². The molecule has 1 aromatic rings. The van der Waals surface area contributed by atoms with Gasteiger partial charge in [0, 0.05) is 33.4 Å². The minimum absolute atomic E-state index is 0.270. The van der Waals surface area contributed by atoms with Crippen molar-refractivity contribution in [3.05, 3.63) is 29.8 Å². The molecule has 0 saturated carbocycles. The SMILES string of the molecule is COC[C@@H]1C[C@H](OC)CN1CCOc1cccc(C#N)c1. The first kappa shape index (κ1) is 15.8. The molecule has 0 amide bonds. The van der Waals surface area contributed by atoms with Crippen LogP contribution in [0.5, 0.6) is 5.75 Å². The zero-order valence-corrected chi connectivity index (χ0v) is 12.6. The molecule has 114 valence electrons. The van der Waals surface area contributed by atoms with Crippen LogP contribution in [0.15, 0.2) is 24.3 Å². The summed E-state index contributed by atoms with van der Waals surface area (Å²) in [4.78, 5) is 2.34. The van der Waals surface area contributed by atoms with E-state index in [0.717, 1.165) is 25.3 Å². The van der Waals surface area contributed by atoms with E-state index in [-0.39, 0.29) is 6.10 Å². The second-order valence-electron chi connectivity index (χ2n) is 5.19. The summed E-state index contributed by atoms with van der Waals surface area (Å²) in [7, 11) is 3.48. The van der Waals surface area contributed by atoms with Gasteiger partial charge < -0.3 is 14.2 Å². The lowest BCUT2D eigenvalue weighted by molar-refractivity contribution is 0.101. The number of nitriles is 1. The molecule has 0 spiro atoms. The van der Waals surface area contributed by atoms with Crippen LogP contribution < -0.4 is 4.74 Å². The Bertz CT molecular complexity index is 487. The molecule has 1 aromatic carbocycles. The molecule has 0 radical (unpaired) electrons. The summed E-state index contributed by atoms with van der Waals surface area (Å²) in [6.07, 6.45) is 1.26. The molecular formula is C16H22N2O3. The maximum absolute atomic E-state index is 8.87. The van der Waals surface area contributed by atoms with Crippen LogP contribution in [-0.4, -0.2) is 57.6 Å². The Balaban J connectivity index is 1.82.